The Morgan fingerprint density at radius 3 is 2.44 bits per heavy atom. The summed E-state index contributed by atoms with van der Waals surface area (Å²) in [7, 11) is 0. The zero-order valence-electron chi connectivity index (χ0n) is 9.91. The van der Waals surface area contributed by atoms with Crippen LogP contribution in [0.3, 0.4) is 0 Å². The van der Waals surface area contributed by atoms with E-state index in [9.17, 15) is 0 Å². The van der Waals surface area contributed by atoms with Gasteiger partial charge >= 0.3 is 0 Å². The van der Waals surface area contributed by atoms with Crippen molar-refractivity contribution in [2.24, 2.45) is 5.92 Å². The van der Waals surface area contributed by atoms with Gasteiger partial charge in [-0.3, -0.25) is 0 Å². The van der Waals surface area contributed by atoms with Gasteiger partial charge in [0.25, 0.3) is 0 Å². The van der Waals surface area contributed by atoms with E-state index in [1.54, 1.807) is 0 Å². The van der Waals surface area contributed by atoms with Gasteiger partial charge in [-0.1, -0.05) is 28.9 Å². The van der Waals surface area contributed by atoms with Crippen LogP contribution >= 0.6 is 15.9 Å². The maximum absolute atomic E-state index is 5.73. The summed E-state index contributed by atoms with van der Waals surface area (Å²) in [6.07, 6.45) is 1.12. The predicted molar refractivity (Wildman–Crippen MR) is 70.7 cm³/mol. The third kappa shape index (κ3) is 4.44. The van der Waals surface area contributed by atoms with Crippen LogP contribution in [-0.2, 0) is 0 Å². The molecular weight excluding hydrogens is 268 g/mol. The summed E-state index contributed by atoms with van der Waals surface area (Å²) in [5.41, 5.74) is 0. The van der Waals surface area contributed by atoms with Gasteiger partial charge in [0.2, 0.25) is 0 Å². The fourth-order valence-corrected chi connectivity index (χ4v) is 1.95. The topological polar surface area (TPSA) is 18.5 Å². The van der Waals surface area contributed by atoms with Crippen molar-refractivity contribution >= 4 is 15.9 Å². The molecule has 0 radical (unpaired) electrons. The molecular formula is C13H19BrO2. The summed E-state index contributed by atoms with van der Waals surface area (Å²) >= 11 is 3.48. The molecule has 1 aromatic rings. The number of hydrogen-bond donors (Lipinski definition) is 0. The maximum atomic E-state index is 5.73. The summed E-state index contributed by atoms with van der Waals surface area (Å²) < 4.78 is 11.1. The van der Waals surface area contributed by atoms with E-state index in [2.05, 4.69) is 22.9 Å². The zero-order chi connectivity index (χ0) is 11.8. The lowest BCUT2D eigenvalue weighted by atomic mass is 10.1. The van der Waals surface area contributed by atoms with Crippen molar-refractivity contribution in [3.63, 3.8) is 0 Å². The predicted octanol–water partition coefficient (Wildman–Crippen LogP) is 3.89. The number of hydrogen-bond acceptors (Lipinski definition) is 2. The van der Waals surface area contributed by atoms with E-state index < -0.39 is 0 Å². The van der Waals surface area contributed by atoms with Crippen molar-refractivity contribution in [3.8, 4) is 11.5 Å². The highest BCUT2D eigenvalue weighted by Crippen LogP contribution is 2.20. The second kappa shape index (κ2) is 7.55. The summed E-state index contributed by atoms with van der Waals surface area (Å²) in [5.74, 6) is 2.31. The normalized spacial score (nSPS) is 12.2. The Hall–Kier alpha value is -0.700. The van der Waals surface area contributed by atoms with Crippen LogP contribution < -0.4 is 9.47 Å². The molecule has 1 unspecified atom stereocenters. The molecule has 0 aliphatic carbocycles. The summed E-state index contributed by atoms with van der Waals surface area (Å²) in [5, 5.41) is 0.981. The summed E-state index contributed by atoms with van der Waals surface area (Å²) in [6.45, 7) is 5.58. The molecule has 3 heteroatoms. The standard InChI is InChI=1S/C13H19BrO2/c1-3-11(9-14)10-16-13-7-5-6-12(8-13)15-4-2/h5-8,11H,3-4,9-10H2,1-2H3. The lowest BCUT2D eigenvalue weighted by Crippen LogP contribution is -2.12. The molecule has 16 heavy (non-hydrogen) atoms. The molecule has 2 nitrogen and oxygen atoms in total. The Bertz CT molecular complexity index is 298. The van der Waals surface area contributed by atoms with Gasteiger partial charge in [0.15, 0.2) is 0 Å². The molecule has 0 aromatic heterocycles. The molecule has 0 fully saturated rings. The Labute approximate surface area is 106 Å². The van der Waals surface area contributed by atoms with Crippen LogP contribution in [0.5, 0.6) is 11.5 Å². The number of rotatable bonds is 7. The Kier molecular flexibility index (Phi) is 6.31. The van der Waals surface area contributed by atoms with E-state index in [-0.39, 0.29) is 0 Å². The largest absolute Gasteiger partial charge is 0.494 e. The van der Waals surface area contributed by atoms with Gasteiger partial charge in [-0.25, -0.2) is 0 Å². The van der Waals surface area contributed by atoms with E-state index in [1.807, 2.05) is 31.2 Å². The van der Waals surface area contributed by atoms with Gasteiger partial charge in [-0.2, -0.15) is 0 Å². The number of ether oxygens (including phenoxy) is 2. The molecule has 0 aliphatic rings. The SMILES string of the molecule is CCOc1cccc(OCC(CC)CBr)c1. The van der Waals surface area contributed by atoms with Crippen LogP contribution in [0.25, 0.3) is 0 Å². The third-order valence-corrected chi connectivity index (χ3v) is 3.31. The fourth-order valence-electron chi connectivity index (χ4n) is 1.31. The molecule has 0 spiro atoms. The van der Waals surface area contributed by atoms with Crippen molar-refractivity contribution in [1.82, 2.24) is 0 Å². The van der Waals surface area contributed by atoms with Crippen molar-refractivity contribution < 1.29 is 9.47 Å². The van der Waals surface area contributed by atoms with Crippen molar-refractivity contribution in [2.45, 2.75) is 20.3 Å². The monoisotopic (exact) mass is 286 g/mol. The van der Waals surface area contributed by atoms with E-state index in [1.165, 1.54) is 0 Å². The first-order chi connectivity index (χ1) is 7.80. The quantitative estimate of drug-likeness (QED) is 0.708. The molecule has 1 aromatic carbocycles. The number of halogens is 1. The molecule has 0 bridgehead atoms. The van der Waals surface area contributed by atoms with Crippen LogP contribution in [0.15, 0.2) is 24.3 Å². The highest BCUT2D eigenvalue weighted by molar-refractivity contribution is 9.09. The number of benzene rings is 1. The second-order valence-corrected chi connectivity index (χ2v) is 4.29. The molecule has 0 amide bonds. The highest BCUT2D eigenvalue weighted by atomic mass is 79.9. The van der Waals surface area contributed by atoms with E-state index >= 15 is 0 Å². The second-order valence-electron chi connectivity index (χ2n) is 3.65. The fraction of sp³-hybridized carbons (Fsp3) is 0.538. The Balaban J connectivity index is 2.49. The molecule has 90 valence electrons. The highest BCUT2D eigenvalue weighted by Gasteiger charge is 2.05. The molecule has 0 aliphatic heterocycles. The van der Waals surface area contributed by atoms with Gasteiger partial charge in [0.05, 0.1) is 13.2 Å². The minimum Gasteiger partial charge on any atom is -0.494 e. The van der Waals surface area contributed by atoms with Crippen LogP contribution in [0.2, 0.25) is 0 Å². The van der Waals surface area contributed by atoms with Gasteiger partial charge in [-0.15, -0.1) is 0 Å². The van der Waals surface area contributed by atoms with Crippen molar-refractivity contribution in [2.75, 3.05) is 18.5 Å². The first kappa shape index (κ1) is 13.4. The van der Waals surface area contributed by atoms with Gasteiger partial charge in [0.1, 0.15) is 11.5 Å². The summed E-state index contributed by atoms with van der Waals surface area (Å²) in [6, 6.07) is 7.79. The number of alkyl halides is 1. The zero-order valence-corrected chi connectivity index (χ0v) is 11.5. The smallest absolute Gasteiger partial charge is 0.122 e. The average molecular weight is 287 g/mol. The van der Waals surface area contributed by atoms with Gasteiger partial charge in [-0.05, 0) is 25.5 Å². The van der Waals surface area contributed by atoms with E-state index in [0.29, 0.717) is 12.5 Å². The van der Waals surface area contributed by atoms with Crippen molar-refractivity contribution in [3.05, 3.63) is 24.3 Å². The minimum absolute atomic E-state index is 0.566. The molecule has 0 N–H and O–H groups in total. The lowest BCUT2D eigenvalue weighted by Gasteiger charge is -2.13. The van der Waals surface area contributed by atoms with Crippen LogP contribution in [0.1, 0.15) is 20.3 Å². The van der Waals surface area contributed by atoms with Crippen LogP contribution in [-0.4, -0.2) is 18.5 Å². The molecule has 0 saturated carbocycles. The first-order valence-electron chi connectivity index (χ1n) is 5.71. The lowest BCUT2D eigenvalue weighted by molar-refractivity contribution is 0.258. The minimum atomic E-state index is 0.566. The molecule has 0 saturated heterocycles. The molecule has 1 rings (SSSR count). The Morgan fingerprint density at radius 2 is 1.88 bits per heavy atom. The molecule has 0 heterocycles. The van der Waals surface area contributed by atoms with Gasteiger partial charge < -0.3 is 9.47 Å². The van der Waals surface area contributed by atoms with E-state index in [4.69, 9.17) is 9.47 Å². The Morgan fingerprint density at radius 1 is 1.19 bits per heavy atom. The average Bonchev–Trinajstić information content (AvgIpc) is 2.31. The molecule has 1 atom stereocenters. The van der Waals surface area contributed by atoms with E-state index in [0.717, 1.165) is 29.9 Å². The third-order valence-electron chi connectivity index (χ3n) is 2.40. The summed E-state index contributed by atoms with van der Waals surface area (Å²) in [4.78, 5) is 0. The first-order valence-corrected chi connectivity index (χ1v) is 6.83. The van der Waals surface area contributed by atoms with Gasteiger partial charge in [0, 0.05) is 17.3 Å². The van der Waals surface area contributed by atoms with Crippen LogP contribution in [0.4, 0.5) is 0 Å². The van der Waals surface area contributed by atoms with Crippen molar-refractivity contribution in [1.29, 1.82) is 0 Å². The maximum Gasteiger partial charge on any atom is 0.122 e. The van der Waals surface area contributed by atoms with Crippen LogP contribution in [0, 0.1) is 5.92 Å².